The Hall–Kier alpha value is -3.07. The normalized spacial score (nSPS) is 11.1. The average Bonchev–Trinajstić information content (AvgIpc) is 3.04. The minimum absolute atomic E-state index is 0.696. The van der Waals surface area contributed by atoms with Crippen LogP contribution in [-0.2, 0) is 13.0 Å². The molecule has 0 N–H and O–H groups in total. The third-order valence-electron chi connectivity index (χ3n) is 5.05. The molecule has 4 rings (SSSR count). The summed E-state index contributed by atoms with van der Waals surface area (Å²) < 4.78 is 8.37. The summed E-state index contributed by atoms with van der Waals surface area (Å²) in [6.07, 6.45) is 1.78. The number of hydrogen-bond acceptors (Lipinski definition) is 2. The molecule has 142 valence electrons. The Morgan fingerprint density at radius 2 is 1.68 bits per heavy atom. The summed E-state index contributed by atoms with van der Waals surface area (Å²) in [6, 6.07) is 25.2. The average molecular weight is 370 g/mol. The molecule has 28 heavy (non-hydrogen) atoms. The number of para-hydroxylation sites is 2. The second kappa shape index (κ2) is 8.30. The first-order valence-corrected chi connectivity index (χ1v) is 9.89. The Labute approximate surface area is 166 Å². The van der Waals surface area contributed by atoms with Crippen molar-refractivity contribution >= 4 is 11.0 Å². The van der Waals surface area contributed by atoms with E-state index < -0.39 is 0 Å². The van der Waals surface area contributed by atoms with Crippen molar-refractivity contribution < 1.29 is 4.74 Å². The van der Waals surface area contributed by atoms with Gasteiger partial charge in [0, 0.05) is 13.0 Å². The van der Waals surface area contributed by atoms with Crippen LogP contribution < -0.4 is 4.74 Å². The molecular formula is C25H26N2O. The highest BCUT2D eigenvalue weighted by atomic mass is 16.5. The molecule has 0 saturated heterocycles. The Kier molecular flexibility index (Phi) is 5.43. The summed E-state index contributed by atoms with van der Waals surface area (Å²) in [5.41, 5.74) is 5.99. The number of aryl methyl sites for hydroxylation is 3. The van der Waals surface area contributed by atoms with Crippen molar-refractivity contribution in [3.05, 3.63) is 95.3 Å². The van der Waals surface area contributed by atoms with Gasteiger partial charge < -0.3 is 9.30 Å². The van der Waals surface area contributed by atoms with Crippen LogP contribution in [0.2, 0.25) is 0 Å². The lowest BCUT2D eigenvalue weighted by Crippen LogP contribution is -2.09. The molecule has 0 fully saturated rings. The molecule has 0 spiro atoms. The Morgan fingerprint density at radius 1 is 0.893 bits per heavy atom. The van der Waals surface area contributed by atoms with Crippen molar-refractivity contribution in [2.75, 3.05) is 6.61 Å². The van der Waals surface area contributed by atoms with Crippen LogP contribution in [0.5, 0.6) is 5.75 Å². The molecule has 3 aromatic carbocycles. The number of imidazole rings is 1. The van der Waals surface area contributed by atoms with Crippen molar-refractivity contribution in [1.29, 1.82) is 0 Å². The number of hydrogen-bond donors (Lipinski definition) is 0. The van der Waals surface area contributed by atoms with Crippen LogP contribution in [0.4, 0.5) is 0 Å². The third-order valence-corrected chi connectivity index (χ3v) is 5.05. The molecule has 0 amide bonds. The van der Waals surface area contributed by atoms with Gasteiger partial charge >= 0.3 is 0 Å². The van der Waals surface area contributed by atoms with Gasteiger partial charge in [-0.05, 0) is 49.6 Å². The fraction of sp³-hybridized carbons (Fsp3) is 0.240. The van der Waals surface area contributed by atoms with Crippen molar-refractivity contribution in [3.8, 4) is 5.75 Å². The first-order valence-electron chi connectivity index (χ1n) is 9.89. The number of rotatable bonds is 7. The monoisotopic (exact) mass is 370 g/mol. The van der Waals surface area contributed by atoms with Crippen LogP contribution in [0.3, 0.4) is 0 Å². The van der Waals surface area contributed by atoms with E-state index in [4.69, 9.17) is 9.72 Å². The smallest absolute Gasteiger partial charge is 0.122 e. The number of nitrogens with zero attached hydrogens (tertiary/aromatic N) is 2. The van der Waals surface area contributed by atoms with Crippen molar-refractivity contribution in [2.24, 2.45) is 0 Å². The SMILES string of the molecule is Cc1ccc(OCCCn2c(Cc3ccccc3)nc3ccccc32)c(C)c1. The van der Waals surface area contributed by atoms with Crippen molar-refractivity contribution in [3.63, 3.8) is 0 Å². The highest BCUT2D eigenvalue weighted by molar-refractivity contribution is 5.76. The van der Waals surface area contributed by atoms with Crippen LogP contribution in [-0.4, -0.2) is 16.2 Å². The van der Waals surface area contributed by atoms with Gasteiger partial charge in [0.1, 0.15) is 11.6 Å². The molecule has 0 atom stereocenters. The molecule has 4 aromatic rings. The van der Waals surface area contributed by atoms with Gasteiger partial charge in [0.2, 0.25) is 0 Å². The second-order valence-electron chi connectivity index (χ2n) is 7.30. The van der Waals surface area contributed by atoms with Gasteiger partial charge in [0.25, 0.3) is 0 Å². The number of benzene rings is 3. The maximum Gasteiger partial charge on any atom is 0.122 e. The number of fused-ring (bicyclic) bond motifs is 1. The summed E-state index contributed by atoms with van der Waals surface area (Å²) in [7, 11) is 0. The first kappa shape index (κ1) is 18.3. The van der Waals surface area contributed by atoms with E-state index in [1.54, 1.807) is 0 Å². The lowest BCUT2D eigenvalue weighted by atomic mass is 10.1. The molecule has 0 unspecified atom stereocenters. The summed E-state index contributed by atoms with van der Waals surface area (Å²) >= 11 is 0. The van der Waals surface area contributed by atoms with Gasteiger partial charge in [-0.1, -0.05) is 60.2 Å². The molecule has 0 aliphatic rings. The molecule has 0 saturated carbocycles. The molecule has 1 heterocycles. The minimum Gasteiger partial charge on any atom is -0.493 e. The maximum absolute atomic E-state index is 6.03. The van der Waals surface area contributed by atoms with Gasteiger partial charge in [0.05, 0.1) is 17.6 Å². The minimum atomic E-state index is 0.696. The van der Waals surface area contributed by atoms with E-state index in [2.05, 4.69) is 91.2 Å². The van der Waals surface area contributed by atoms with Gasteiger partial charge in [-0.25, -0.2) is 4.98 Å². The number of aromatic nitrogens is 2. The maximum atomic E-state index is 6.03. The third kappa shape index (κ3) is 4.09. The summed E-state index contributed by atoms with van der Waals surface area (Å²) in [6.45, 7) is 5.80. The van der Waals surface area contributed by atoms with Gasteiger partial charge in [-0.3, -0.25) is 0 Å². The van der Waals surface area contributed by atoms with E-state index in [0.29, 0.717) is 6.61 Å². The lowest BCUT2D eigenvalue weighted by molar-refractivity contribution is 0.300. The molecule has 0 radical (unpaired) electrons. The summed E-state index contributed by atoms with van der Waals surface area (Å²) in [4.78, 5) is 4.89. The standard InChI is InChI=1S/C25H26N2O/c1-19-13-14-24(20(2)17-19)28-16-8-15-27-23-12-7-6-11-22(23)26-25(27)18-21-9-4-3-5-10-21/h3-7,9-14,17H,8,15-16,18H2,1-2H3. The van der Waals surface area contributed by atoms with Crippen LogP contribution in [0.1, 0.15) is 28.9 Å². The molecule has 0 aliphatic carbocycles. The van der Waals surface area contributed by atoms with Crippen LogP contribution >= 0.6 is 0 Å². The van der Waals surface area contributed by atoms with E-state index in [1.165, 1.54) is 22.2 Å². The summed E-state index contributed by atoms with van der Waals surface area (Å²) in [5, 5.41) is 0. The molecule has 0 aliphatic heterocycles. The van der Waals surface area contributed by atoms with Gasteiger partial charge in [-0.15, -0.1) is 0 Å². The molecule has 0 bridgehead atoms. The highest BCUT2D eigenvalue weighted by Crippen LogP contribution is 2.21. The second-order valence-corrected chi connectivity index (χ2v) is 7.30. The zero-order chi connectivity index (χ0) is 19.3. The predicted molar refractivity (Wildman–Crippen MR) is 115 cm³/mol. The molecule has 3 heteroatoms. The van der Waals surface area contributed by atoms with Crippen LogP contribution in [0.25, 0.3) is 11.0 Å². The molecule has 1 aromatic heterocycles. The summed E-state index contributed by atoms with van der Waals surface area (Å²) in [5.74, 6) is 2.09. The Balaban J connectivity index is 1.48. The molecular weight excluding hydrogens is 344 g/mol. The van der Waals surface area contributed by atoms with E-state index >= 15 is 0 Å². The zero-order valence-corrected chi connectivity index (χ0v) is 16.6. The Bertz CT molecular complexity index is 1070. The van der Waals surface area contributed by atoms with E-state index in [-0.39, 0.29) is 0 Å². The molecule has 3 nitrogen and oxygen atoms in total. The van der Waals surface area contributed by atoms with E-state index in [0.717, 1.165) is 36.5 Å². The van der Waals surface area contributed by atoms with Crippen LogP contribution in [0.15, 0.2) is 72.8 Å². The highest BCUT2D eigenvalue weighted by Gasteiger charge is 2.11. The van der Waals surface area contributed by atoms with Crippen LogP contribution in [0, 0.1) is 13.8 Å². The Morgan fingerprint density at radius 3 is 2.50 bits per heavy atom. The lowest BCUT2D eigenvalue weighted by Gasteiger charge is -2.12. The van der Waals surface area contributed by atoms with E-state index in [9.17, 15) is 0 Å². The van der Waals surface area contributed by atoms with Gasteiger partial charge in [0.15, 0.2) is 0 Å². The number of ether oxygens (including phenoxy) is 1. The topological polar surface area (TPSA) is 27.1 Å². The largest absolute Gasteiger partial charge is 0.493 e. The first-order chi connectivity index (χ1) is 13.7. The fourth-order valence-corrected chi connectivity index (χ4v) is 3.65. The predicted octanol–water partition coefficient (Wildman–Crippen LogP) is 5.71. The van der Waals surface area contributed by atoms with Gasteiger partial charge in [-0.2, -0.15) is 0 Å². The van der Waals surface area contributed by atoms with Crippen molar-refractivity contribution in [2.45, 2.75) is 33.2 Å². The fourth-order valence-electron chi connectivity index (χ4n) is 3.65. The van der Waals surface area contributed by atoms with E-state index in [1.807, 2.05) is 0 Å². The van der Waals surface area contributed by atoms with Crippen molar-refractivity contribution in [1.82, 2.24) is 9.55 Å². The quantitative estimate of drug-likeness (QED) is 0.389. The zero-order valence-electron chi connectivity index (χ0n) is 16.6.